The number of aromatic carboxylic acids is 1. The fourth-order valence-corrected chi connectivity index (χ4v) is 1.72. The van der Waals surface area contributed by atoms with Crippen molar-refractivity contribution in [3.05, 3.63) is 17.7 Å². The van der Waals surface area contributed by atoms with Crippen LogP contribution >= 0.6 is 0 Å². The number of hydrogen-bond donors (Lipinski definition) is 1. The lowest BCUT2D eigenvalue weighted by atomic mass is 10.1. The van der Waals surface area contributed by atoms with E-state index < -0.39 is 5.97 Å². The molecule has 1 aliphatic heterocycles. The third-order valence-electron chi connectivity index (χ3n) is 3.22. The van der Waals surface area contributed by atoms with Crippen LogP contribution in [0.15, 0.2) is 12.1 Å². The zero-order valence-electron chi connectivity index (χ0n) is 11.8. The number of carboxylic acids is 1. The van der Waals surface area contributed by atoms with Crippen LogP contribution in [0.5, 0.6) is 17.2 Å². The van der Waals surface area contributed by atoms with Gasteiger partial charge in [0.05, 0.1) is 12.2 Å². The molecule has 1 aromatic carbocycles. The largest absolute Gasteiger partial charge is 0.492 e. The van der Waals surface area contributed by atoms with Gasteiger partial charge in [0.15, 0.2) is 11.5 Å². The zero-order valence-corrected chi connectivity index (χ0v) is 11.8. The van der Waals surface area contributed by atoms with Crippen LogP contribution in [-0.4, -0.2) is 37.2 Å². The van der Waals surface area contributed by atoms with Gasteiger partial charge in [-0.05, 0) is 13.8 Å². The van der Waals surface area contributed by atoms with E-state index in [-0.39, 0.29) is 23.7 Å². The van der Waals surface area contributed by atoms with Crippen molar-refractivity contribution in [2.75, 3.05) is 20.5 Å². The van der Waals surface area contributed by atoms with Gasteiger partial charge in [0, 0.05) is 25.7 Å². The van der Waals surface area contributed by atoms with E-state index >= 15 is 0 Å². The highest BCUT2D eigenvalue weighted by Crippen LogP contribution is 2.38. The zero-order chi connectivity index (χ0) is 14.8. The summed E-state index contributed by atoms with van der Waals surface area (Å²) in [4.78, 5) is 11.2. The fraction of sp³-hybridized carbons (Fsp3) is 0.500. The molecule has 1 aromatic rings. The van der Waals surface area contributed by atoms with E-state index in [0.29, 0.717) is 24.5 Å². The number of rotatable bonds is 6. The highest BCUT2D eigenvalue weighted by atomic mass is 16.7. The van der Waals surface area contributed by atoms with Crippen LogP contribution in [0.25, 0.3) is 0 Å². The lowest BCUT2D eigenvalue weighted by Crippen LogP contribution is -2.25. The molecular formula is C14H18O6. The van der Waals surface area contributed by atoms with Gasteiger partial charge in [-0.3, -0.25) is 0 Å². The molecular weight excluding hydrogens is 264 g/mol. The van der Waals surface area contributed by atoms with Gasteiger partial charge in [-0.2, -0.15) is 0 Å². The summed E-state index contributed by atoms with van der Waals surface area (Å²) in [5.74, 6) is 0.126. The average Bonchev–Trinajstić information content (AvgIpc) is 2.84. The number of carboxylic acid groups (broad SMARTS) is 1. The standard InChI is InChI=1S/C14H18O6/c1-14(2,17-3)4-5-18-10-7-12-11(19-8-20-12)6-9(10)13(15)16/h6-7H,4-5,8H2,1-3H3,(H,15,16). The minimum Gasteiger partial charge on any atom is -0.492 e. The van der Waals surface area contributed by atoms with Gasteiger partial charge in [0.2, 0.25) is 6.79 Å². The van der Waals surface area contributed by atoms with Crippen molar-refractivity contribution in [3.63, 3.8) is 0 Å². The first-order chi connectivity index (χ1) is 9.43. The van der Waals surface area contributed by atoms with Crippen molar-refractivity contribution in [2.24, 2.45) is 0 Å². The van der Waals surface area contributed by atoms with Crippen molar-refractivity contribution in [1.82, 2.24) is 0 Å². The number of carbonyl (C=O) groups is 1. The molecule has 0 saturated carbocycles. The summed E-state index contributed by atoms with van der Waals surface area (Å²) >= 11 is 0. The summed E-state index contributed by atoms with van der Waals surface area (Å²) in [7, 11) is 1.63. The molecule has 0 saturated heterocycles. The van der Waals surface area contributed by atoms with Crippen LogP contribution in [0.1, 0.15) is 30.6 Å². The Morgan fingerprint density at radius 2 is 2.00 bits per heavy atom. The van der Waals surface area contributed by atoms with Gasteiger partial charge in [0.1, 0.15) is 11.3 Å². The second-order valence-corrected chi connectivity index (χ2v) is 5.07. The van der Waals surface area contributed by atoms with Gasteiger partial charge in [-0.1, -0.05) is 0 Å². The fourth-order valence-electron chi connectivity index (χ4n) is 1.72. The number of fused-ring (bicyclic) bond motifs is 1. The first-order valence-electron chi connectivity index (χ1n) is 6.28. The minimum absolute atomic E-state index is 0.0597. The maximum absolute atomic E-state index is 11.2. The van der Waals surface area contributed by atoms with Gasteiger partial charge >= 0.3 is 5.97 Å². The third-order valence-corrected chi connectivity index (χ3v) is 3.22. The number of ether oxygens (including phenoxy) is 4. The highest BCUT2D eigenvalue weighted by molar-refractivity contribution is 5.92. The molecule has 1 heterocycles. The van der Waals surface area contributed by atoms with Crippen LogP contribution in [0.4, 0.5) is 0 Å². The number of methoxy groups -OCH3 is 1. The Morgan fingerprint density at radius 3 is 2.60 bits per heavy atom. The molecule has 0 fully saturated rings. The molecule has 110 valence electrons. The number of benzene rings is 1. The molecule has 20 heavy (non-hydrogen) atoms. The van der Waals surface area contributed by atoms with E-state index in [9.17, 15) is 9.90 Å². The Balaban J connectivity index is 2.12. The Hall–Kier alpha value is -1.95. The molecule has 0 aliphatic carbocycles. The molecule has 0 aromatic heterocycles. The van der Waals surface area contributed by atoms with Crippen LogP contribution in [0, 0.1) is 0 Å². The Kier molecular flexibility index (Phi) is 4.04. The van der Waals surface area contributed by atoms with Crippen molar-refractivity contribution in [2.45, 2.75) is 25.9 Å². The molecule has 0 spiro atoms. The van der Waals surface area contributed by atoms with Crippen molar-refractivity contribution >= 4 is 5.97 Å². The molecule has 0 amide bonds. The van der Waals surface area contributed by atoms with Crippen molar-refractivity contribution in [1.29, 1.82) is 0 Å². The molecule has 1 aliphatic rings. The van der Waals surface area contributed by atoms with E-state index in [1.165, 1.54) is 6.07 Å². The maximum Gasteiger partial charge on any atom is 0.339 e. The Morgan fingerprint density at radius 1 is 1.35 bits per heavy atom. The molecule has 6 heteroatoms. The van der Waals surface area contributed by atoms with E-state index in [1.807, 2.05) is 13.8 Å². The quantitative estimate of drug-likeness (QED) is 0.863. The summed E-state index contributed by atoms with van der Waals surface area (Å²) in [6.45, 7) is 4.32. The first-order valence-corrected chi connectivity index (χ1v) is 6.28. The summed E-state index contributed by atoms with van der Waals surface area (Å²) in [6.07, 6.45) is 0.636. The Bertz CT molecular complexity index is 509. The van der Waals surface area contributed by atoms with E-state index in [4.69, 9.17) is 18.9 Å². The lowest BCUT2D eigenvalue weighted by Gasteiger charge is -2.22. The van der Waals surface area contributed by atoms with Crippen LogP contribution in [-0.2, 0) is 4.74 Å². The van der Waals surface area contributed by atoms with E-state index in [1.54, 1.807) is 13.2 Å². The highest BCUT2D eigenvalue weighted by Gasteiger charge is 2.22. The molecule has 0 unspecified atom stereocenters. The molecule has 0 atom stereocenters. The van der Waals surface area contributed by atoms with Crippen LogP contribution < -0.4 is 14.2 Å². The second kappa shape index (κ2) is 5.58. The van der Waals surface area contributed by atoms with Crippen LogP contribution in [0.2, 0.25) is 0 Å². The molecule has 2 rings (SSSR count). The predicted octanol–water partition coefficient (Wildman–Crippen LogP) is 2.31. The maximum atomic E-state index is 11.2. The van der Waals surface area contributed by atoms with Gasteiger partial charge < -0.3 is 24.1 Å². The summed E-state index contributed by atoms with van der Waals surface area (Å²) in [6, 6.07) is 2.97. The smallest absolute Gasteiger partial charge is 0.339 e. The minimum atomic E-state index is -1.07. The average molecular weight is 282 g/mol. The molecule has 0 bridgehead atoms. The molecule has 6 nitrogen and oxygen atoms in total. The van der Waals surface area contributed by atoms with Crippen molar-refractivity contribution in [3.8, 4) is 17.2 Å². The predicted molar refractivity (Wildman–Crippen MR) is 70.7 cm³/mol. The summed E-state index contributed by atoms with van der Waals surface area (Å²) < 4.78 is 21.2. The van der Waals surface area contributed by atoms with Crippen molar-refractivity contribution < 1.29 is 28.8 Å². The number of hydrogen-bond acceptors (Lipinski definition) is 5. The third kappa shape index (κ3) is 3.14. The normalized spacial score (nSPS) is 13.3. The summed E-state index contributed by atoms with van der Waals surface area (Å²) in [5, 5.41) is 9.20. The summed E-state index contributed by atoms with van der Waals surface area (Å²) in [5.41, 5.74) is -0.260. The topological polar surface area (TPSA) is 74.2 Å². The lowest BCUT2D eigenvalue weighted by molar-refractivity contribution is 0.00537. The SMILES string of the molecule is COC(C)(C)CCOc1cc2c(cc1C(=O)O)OCO2. The van der Waals surface area contributed by atoms with Gasteiger partial charge in [-0.25, -0.2) is 4.79 Å². The Labute approximate surface area is 117 Å². The molecule has 0 radical (unpaired) electrons. The van der Waals surface area contributed by atoms with E-state index in [0.717, 1.165) is 0 Å². The van der Waals surface area contributed by atoms with Crippen LogP contribution in [0.3, 0.4) is 0 Å². The monoisotopic (exact) mass is 282 g/mol. The van der Waals surface area contributed by atoms with E-state index in [2.05, 4.69) is 0 Å². The second-order valence-electron chi connectivity index (χ2n) is 5.07. The molecule has 1 N–H and O–H groups in total. The van der Waals surface area contributed by atoms with Gasteiger partial charge in [0.25, 0.3) is 0 Å². The first kappa shape index (κ1) is 14.5. The van der Waals surface area contributed by atoms with Gasteiger partial charge in [-0.15, -0.1) is 0 Å².